The van der Waals surface area contributed by atoms with Gasteiger partial charge in [0.1, 0.15) is 0 Å². The van der Waals surface area contributed by atoms with Crippen LogP contribution in [0, 0.1) is 5.41 Å². The highest BCUT2D eigenvalue weighted by molar-refractivity contribution is 7.92. The highest BCUT2D eigenvalue weighted by Gasteiger charge is 2.22. The summed E-state index contributed by atoms with van der Waals surface area (Å²) in [6, 6.07) is 3.92. The molecule has 0 aliphatic rings. The minimum absolute atomic E-state index is 0.0107. The van der Waals surface area contributed by atoms with Gasteiger partial charge in [-0.1, -0.05) is 32.4 Å². The number of anilines is 1. The molecule has 0 atom stereocenters. The number of benzene rings is 1. The number of aromatic carboxylic acids is 1. The Hall–Kier alpha value is -1.27. The summed E-state index contributed by atoms with van der Waals surface area (Å²) < 4.78 is 26.1. The van der Waals surface area contributed by atoms with Gasteiger partial charge in [-0.3, -0.25) is 4.72 Å². The first-order valence-corrected chi connectivity index (χ1v) is 7.56. The summed E-state index contributed by atoms with van der Waals surface area (Å²) in [5, 5.41) is 8.81. The second-order valence-corrected chi connectivity index (χ2v) is 7.55. The van der Waals surface area contributed by atoms with Gasteiger partial charge in [-0.25, -0.2) is 13.2 Å². The van der Waals surface area contributed by atoms with Crippen LogP contribution in [0.5, 0.6) is 0 Å². The number of carbonyl (C=O) groups is 1. The summed E-state index contributed by atoms with van der Waals surface area (Å²) in [6.45, 7) is 5.44. The van der Waals surface area contributed by atoms with E-state index in [9.17, 15) is 13.2 Å². The molecule has 19 heavy (non-hydrogen) atoms. The maximum atomic E-state index is 11.9. The third-order valence-corrected chi connectivity index (χ3v) is 4.20. The molecule has 7 heteroatoms. The highest BCUT2D eigenvalue weighted by Crippen LogP contribution is 2.23. The van der Waals surface area contributed by atoms with Gasteiger partial charge in [0.05, 0.1) is 16.3 Å². The Labute approximate surface area is 117 Å². The van der Waals surface area contributed by atoms with Crippen LogP contribution < -0.4 is 4.72 Å². The fraction of sp³-hybridized carbons (Fsp3) is 0.417. The zero-order valence-corrected chi connectivity index (χ0v) is 12.5. The molecule has 0 bridgehead atoms. The van der Waals surface area contributed by atoms with Gasteiger partial charge in [0.2, 0.25) is 10.0 Å². The van der Waals surface area contributed by atoms with Crippen molar-refractivity contribution in [3.63, 3.8) is 0 Å². The number of sulfonamides is 1. The molecule has 0 aromatic heterocycles. The van der Waals surface area contributed by atoms with Crippen molar-refractivity contribution in [3.05, 3.63) is 28.8 Å². The van der Waals surface area contributed by atoms with E-state index in [4.69, 9.17) is 16.7 Å². The number of hydrogen-bond acceptors (Lipinski definition) is 3. The second-order valence-electron chi connectivity index (χ2n) is 5.42. The Morgan fingerprint density at radius 1 is 1.37 bits per heavy atom. The summed E-state index contributed by atoms with van der Waals surface area (Å²) in [5.41, 5.74) is -0.198. The Kier molecular flexibility index (Phi) is 4.47. The molecule has 0 radical (unpaired) electrons. The van der Waals surface area contributed by atoms with E-state index in [2.05, 4.69) is 4.72 Å². The zero-order chi connectivity index (χ0) is 14.8. The first kappa shape index (κ1) is 15.8. The van der Waals surface area contributed by atoms with Crippen molar-refractivity contribution in [1.29, 1.82) is 0 Å². The lowest BCUT2D eigenvalue weighted by atomic mass is 10.0. The van der Waals surface area contributed by atoms with Gasteiger partial charge in [0.15, 0.2) is 0 Å². The lowest BCUT2D eigenvalue weighted by Crippen LogP contribution is -2.26. The molecular formula is C12H16ClNO4S. The molecule has 0 spiro atoms. The van der Waals surface area contributed by atoms with Crippen LogP contribution in [0.15, 0.2) is 18.2 Å². The van der Waals surface area contributed by atoms with E-state index in [0.717, 1.165) is 0 Å². The van der Waals surface area contributed by atoms with Crippen molar-refractivity contribution >= 4 is 33.3 Å². The van der Waals surface area contributed by atoms with Gasteiger partial charge in [-0.2, -0.15) is 0 Å². The molecular weight excluding hydrogens is 290 g/mol. The third kappa shape index (κ3) is 5.08. The SMILES string of the molecule is CC(C)(C)CS(=O)(=O)Nc1ccc(C(=O)O)c(Cl)c1. The van der Waals surface area contributed by atoms with Crippen LogP contribution in [0.2, 0.25) is 5.02 Å². The van der Waals surface area contributed by atoms with Crippen molar-refractivity contribution < 1.29 is 18.3 Å². The molecule has 0 saturated carbocycles. The van der Waals surface area contributed by atoms with Crippen molar-refractivity contribution in [1.82, 2.24) is 0 Å². The molecule has 0 aliphatic heterocycles. The normalized spacial score (nSPS) is 12.2. The van der Waals surface area contributed by atoms with Crippen LogP contribution in [0.4, 0.5) is 5.69 Å². The Bertz CT molecular complexity index is 590. The van der Waals surface area contributed by atoms with Crippen molar-refractivity contribution in [2.75, 3.05) is 10.5 Å². The number of nitrogens with one attached hydrogen (secondary N) is 1. The molecule has 1 aromatic rings. The van der Waals surface area contributed by atoms with E-state index >= 15 is 0 Å². The summed E-state index contributed by atoms with van der Waals surface area (Å²) in [6.07, 6.45) is 0. The molecule has 0 fully saturated rings. The molecule has 106 valence electrons. The number of carboxylic acids is 1. The molecule has 0 saturated heterocycles. The van der Waals surface area contributed by atoms with Gasteiger partial charge in [0, 0.05) is 5.69 Å². The topological polar surface area (TPSA) is 83.5 Å². The average Bonchev–Trinajstić information content (AvgIpc) is 2.11. The minimum atomic E-state index is -3.50. The van der Waals surface area contributed by atoms with Gasteiger partial charge < -0.3 is 5.11 Å². The summed E-state index contributed by atoms with van der Waals surface area (Å²) in [4.78, 5) is 10.8. The predicted molar refractivity (Wildman–Crippen MR) is 75.3 cm³/mol. The van der Waals surface area contributed by atoms with E-state index in [1.807, 2.05) is 20.8 Å². The standard InChI is InChI=1S/C12H16ClNO4S/c1-12(2,3)7-19(17,18)14-8-4-5-9(11(15)16)10(13)6-8/h4-6,14H,7H2,1-3H3,(H,15,16). The number of carboxylic acid groups (broad SMARTS) is 1. The molecule has 0 unspecified atom stereocenters. The van der Waals surface area contributed by atoms with E-state index in [0.29, 0.717) is 0 Å². The lowest BCUT2D eigenvalue weighted by molar-refractivity contribution is 0.0697. The summed E-state index contributed by atoms with van der Waals surface area (Å²) in [5.74, 6) is -1.20. The van der Waals surface area contributed by atoms with E-state index < -0.39 is 16.0 Å². The van der Waals surface area contributed by atoms with Crippen LogP contribution in [0.3, 0.4) is 0 Å². The Morgan fingerprint density at radius 2 is 1.95 bits per heavy atom. The first-order chi connectivity index (χ1) is 8.50. The third-order valence-electron chi connectivity index (χ3n) is 2.10. The molecule has 0 heterocycles. The molecule has 1 aromatic carbocycles. The predicted octanol–water partition coefficient (Wildman–Crippen LogP) is 2.83. The van der Waals surface area contributed by atoms with Crippen molar-refractivity contribution in [3.8, 4) is 0 Å². The zero-order valence-electron chi connectivity index (χ0n) is 10.9. The monoisotopic (exact) mass is 305 g/mol. The fourth-order valence-electron chi connectivity index (χ4n) is 1.54. The Morgan fingerprint density at radius 3 is 2.37 bits per heavy atom. The molecule has 5 nitrogen and oxygen atoms in total. The van der Waals surface area contributed by atoms with Gasteiger partial charge in [0.25, 0.3) is 0 Å². The summed E-state index contributed by atoms with van der Waals surface area (Å²) in [7, 11) is -3.50. The second kappa shape index (κ2) is 5.38. The Balaban J connectivity index is 2.95. The summed E-state index contributed by atoms with van der Waals surface area (Å²) >= 11 is 5.77. The largest absolute Gasteiger partial charge is 0.478 e. The van der Waals surface area contributed by atoms with Crippen LogP contribution in [-0.2, 0) is 10.0 Å². The average molecular weight is 306 g/mol. The molecule has 1 rings (SSSR count). The molecule has 0 amide bonds. The van der Waals surface area contributed by atoms with Gasteiger partial charge in [-0.05, 0) is 23.6 Å². The molecule has 2 N–H and O–H groups in total. The van der Waals surface area contributed by atoms with Crippen molar-refractivity contribution in [2.24, 2.45) is 5.41 Å². The fourth-order valence-corrected chi connectivity index (χ4v) is 3.50. The van der Waals surface area contributed by atoms with E-state index in [1.165, 1.54) is 18.2 Å². The lowest BCUT2D eigenvalue weighted by Gasteiger charge is -2.18. The van der Waals surface area contributed by atoms with Gasteiger partial charge in [-0.15, -0.1) is 0 Å². The number of hydrogen-bond donors (Lipinski definition) is 2. The number of halogens is 1. The maximum Gasteiger partial charge on any atom is 0.337 e. The smallest absolute Gasteiger partial charge is 0.337 e. The van der Waals surface area contributed by atoms with Crippen LogP contribution in [-0.4, -0.2) is 25.2 Å². The van der Waals surface area contributed by atoms with Crippen molar-refractivity contribution in [2.45, 2.75) is 20.8 Å². The number of rotatable bonds is 4. The van der Waals surface area contributed by atoms with E-state index in [1.54, 1.807) is 0 Å². The quantitative estimate of drug-likeness (QED) is 0.896. The van der Waals surface area contributed by atoms with Gasteiger partial charge >= 0.3 is 5.97 Å². The van der Waals surface area contributed by atoms with Crippen LogP contribution in [0.1, 0.15) is 31.1 Å². The minimum Gasteiger partial charge on any atom is -0.478 e. The van der Waals surface area contributed by atoms with Crippen LogP contribution >= 0.6 is 11.6 Å². The van der Waals surface area contributed by atoms with E-state index in [-0.39, 0.29) is 27.4 Å². The molecule has 0 aliphatic carbocycles. The maximum absolute atomic E-state index is 11.9. The first-order valence-electron chi connectivity index (χ1n) is 5.53. The van der Waals surface area contributed by atoms with Crippen LogP contribution in [0.25, 0.3) is 0 Å². The highest BCUT2D eigenvalue weighted by atomic mass is 35.5.